The van der Waals surface area contributed by atoms with Crippen molar-refractivity contribution in [3.05, 3.63) is 0 Å². The van der Waals surface area contributed by atoms with Gasteiger partial charge in [-0.25, -0.2) is 0 Å². The highest BCUT2D eigenvalue weighted by atomic mass is 127. The van der Waals surface area contributed by atoms with E-state index in [1.807, 2.05) is 0 Å². The lowest BCUT2D eigenvalue weighted by molar-refractivity contribution is -1.73. The zero-order valence-corrected chi connectivity index (χ0v) is 14.7. The smallest absolute Gasteiger partial charge is 0.282 e. The molecule has 19 heavy (non-hydrogen) atoms. The van der Waals surface area contributed by atoms with Crippen LogP contribution in [-0.4, -0.2) is 6.54 Å². The summed E-state index contributed by atoms with van der Waals surface area (Å²) >= 11 is -4.01. The Morgan fingerprint density at radius 3 is 1.16 bits per heavy atom. The van der Waals surface area contributed by atoms with Crippen molar-refractivity contribution in [1.29, 1.82) is 0 Å². The number of hydrogen-bond acceptors (Lipinski definition) is 3. The molecule has 0 fully saturated rings. The summed E-state index contributed by atoms with van der Waals surface area (Å²) in [7, 11) is 0. The van der Waals surface area contributed by atoms with Gasteiger partial charge in [-0.3, -0.25) is 0 Å². The molecule has 5 heteroatoms. The molecule has 0 bridgehead atoms. The van der Waals surface area contributed by atoms with Crippen molar-refractivity contribution in [2.75, 3.05) is 6.54 Å². The standard InChI is InChI=1S/C14H31N.IO3/c1-2-3-4-5-6-7-8-9-10-11-12-13-14-15;2-1(3)4/h2-15H2,1H3;/q;-1/p+1. The van der Waals surface area contributed by atoms with E-state index in [0.29, 0.717) is 0 Å². The fraction of sp³-hybridized carbons (Fsp3) is 1.00. The molecule has 0 aromatic heterocycles. The summed E-state index contributed by atoms with van der Waals surface area (Å²) in [4.78, 5) is 0. The maximum Gasteiger partial charge on any atom is 0.282 e. The lowest BCUT2D eigenvalue weighted by atomic mass is 10.1. The van der Waals surface area contributed by atoms with Crippen LogP contribution in [0.15, 0.2) is 0 Å². The summed E-state index contributed by atoms with van der Waals surface area (Å²) in [5, 5.41) is 0. The van der Waals surface area contributed by atoms with Gasteiger partial charge in [0.1, 0.15) is 0 Å². The number of hydrogen-bond donors (Lipinski definition) is 1. The van der Waals surface area contributed by atoms with Crippen LogP contribution in [0.4, 0.5) is 0 Å². The first-order valence-electron chi connectivity index (χ1n) is 7.67. The predicted molar refractivity (Wildman–Crippen MR) is 68.8 cm³/mol. The molecule has 0 aromatic carbocycles. The Morgan fingerprint density at radius 2 is 0.895 bits per heavy atom. The average molecular weight is 389 g/mol. The summed E-state index contributed by atoms with van der Waals surface area (Å²) in [5.41, 5.74) is 3.87. The number of rotatable bonds is 12. The third kappa shape index (κ3) is 32.3. The second-order valence-corrected chi connectivity index (χ2v) is 6.01. The minimum Gasteiger partial charge on any atom is -0.427 e. The molecule has 0 saturated heterocycles. The topological polar surface area (TPSA) is 96.8 Å². The van der Waals surface area contributed by atoms with E-state index in [2.05, 4.69) is 12.7 Å². The van der Waals surface area contributed by atoms with E-state index in [1.54, 1.807) is 0 Å². The predicted octanol–water partition coefficient (Wildman–Crippen LogP) is -2.63. The van der Waals surface area contributed by atoms with Gasteiger partial charge in [-0.1, -0.05) is 71.1 Å². The van der Waals surface area contributed by atoms with Crippen LogP contribution in [-0.2, 0) is 0 Å². The monoisotopic (exact) mass is 389 g/mol. The Labute approximate surface area is 127 Å². The highest BCUT2D eigenvalue weighted by Crippen LogP contribution is 2.11. The van der Waals surface area contributed by atoms with Gasteiger partial charge < -0.3 is 16.0 Å². The van der Waals surface area contributed by atoms with Crippen molar-refractivity contribution in [2.24, 2.45) is 0 Å². The summed E-state index contributed by atoms with van der Waals surface area (Å²) in [5.74, 6) is 0. The highest BCUT2D eigenvalue weighted by Gasteiger charge is 1.92. The van der Waals surface area contributed by atoms with E-state index in [4.69, 9.17) is 10.3 Å². The van der Waals surface area contributed by atoms with Gasteiger partial charge >= 0.3 is 0 Å². The molecule has 0 amide bonds. The fourth-order valence-corrected chi connectivity index (χ4v) is 2.02. The van der Waals surface area contributed by atoms with Crippen molar-refractivity contribution in [2.45, 2.75) is 84.0 Å². The Kier molecular flexibility index (Phi) is 24.0. The molecule has 0 atom stereocenters. The Bertz CT molecular complexity index is 134. The van der Waals surface area contributed by atoms with Crippen molar-refractivity contribution in [3.63, 3.8) is 0 Å². The molecule has 0 aromatic rings. The zero-order chi connectivity index (χ0) is 14.8. The van der Waals surface area contributed by atoms with Gasteiger partial charge in [0.15, 0.2) is 0 Å². The second kappa shape index (κ2) is 20.9. The Hall–Kier alpha value is 0.570. The third-order valence-corrected chi connectivity index (χ3v) is 3.10. The molecular weight excluding hydrogens is 357 g/mol. The van der Waals surface area contributed by atoms with E-state index in [1.165, 1.54) is 77.0 Å². The van der Waals surface area contributed by atoms with Crippen LogP contribution in [0, 0.1) is 0 Å². The fourth-order valence-electron chi connectivity index (χ4n) is 2.02. The maximum atomic E-state index is 8.57. The first-order valence-corrected chi connectivity index (χ1v) is 10.3. The van der Waals surface area contributed by atoms with Crippen LogP contribution in [0.25, 0.3) is 0 Å². The van der Waals surface area contributed by atoms with Gasteiger partial charge in [0.05, 0.1) is 6.54 Å². The van der Waals surface area contributed by atoms with E-state index < -0.39 is 21.1 Å². The van der Waals surface area contributed by atoms with Crippen LogP contribution in [0.5, 0.6) is 0 Å². The molecule has 4 nitrogen and oxygen atoms in total. The van der Waals surface area contributed by atoms with Crippen molar-refractivity contribution >= 4 is 0 Å². The van der Waals surface area contributed by atoms with Crippen LogP contribution in [0.3, 0.4) is 0 Å². The number of halogens is 1. The Morgan fingerprint density at radius 1 is 0.632 bits per heavy atom. The quantitative estimate of drug-likeness (QED) is 0.292. The molecule has 0 aliphatic rings. The van der Waals surface area contributed by atoms with Crippen LogP contribution in [0.1, 0.15) is 84.0 Å². The van der Waals surface area contributed by atoms with Gasteiger partial charge in [-0.2, -0.15) is 0 Å². The average Bonchev–Trinajstić information content (AvgIpc) is 2.35. The summed E-state index contributed by atoms with van der Waals surface area (Å²) in [6.45, 7) is 3.41. The molecule has 0 heterocycles. The first kappa shape index (κ1) is 21.9. The number of quaternary nitrogens is 1. The van der Waals surface area contributed by atoms with Crippen molar-refractivity contribution in [3.8, 4) is 0 Å². The molecule has 0 unspecified atom stereocenters. The van der Waals surface area contributed by atoms with E-state index in [0.717, 1.165) is 6.54 Å². The zero-order valence-electron chi connectivity index (χ0n) is 12.5. The van der Waals surface area contributed by atoms with Gasteiger partial charge in [0.25, 0.3) is 21.1 Å². The van der Waals surface area contributed by atoms with Gasteiger partial charge in [0.2, 0.25) is 0 Å². The molecular formula is C14H32INO3. The molecule has 0 saturated carbocycles. The molecule has 0 rings (SSSR count). The summed E-state index contributed by atoms with van der Waals surface area (Å²) in [6.07, 6.45) is 17.2. The highest BCUT2D eigenvalue weighted by molar-refractivity contribution is 4.47. The molecule has 0 radical (unpaired) electrons. The van der Waals surface area contributed by atoms with Crippen LogP contribution in [0.2, 0.25) is 0 Å². The summed E-state index contributed by atoms with van der Waals surface area (Å²) < 4.78 is 25.7. The second-order valence-electron chi connectivity index (χ2n) is 4.93. The largest absolute Gasteiger partial charge is 0.427 e. The van der Waals surface area contributed by atoms with Crippen LogP contribution < -0.4 is 37.1 Å². The van der Waals surface area contributed by atoms with Gasteiger partial charge in [-0.15, -0.1) is 0 Å². The molecule has 0 spiro atoms. The molecule has 0 aliphatic heterocycles. The lowest BCUT2D eigenvalue weighted by Gasteiger charge is -2.01. The van der Waals surface area contributed by atoms with E-state index >= 15 is 0 Å². The SMILES string of the molecule is CCCCCCCCCCCCCC[NH3+].[O-][I+2]([O-])[O-]. The molecule has 3 N–H and O–H groups in total. The Balaban J connectivity index is 0. The van der Waals surface area contributed by atoms with Crippen molar-refractivity contribution in [1.82, 2.24) is 0 Å². The van der Waals surface area contributed by atoms with Crippen LogP contribution >= 0.6 is 0 Å². The van der Waals surface area contributed by atoms with Crippen molar-refractivity contribution < 1.29 is 37.1 Å². The minimum absolute atomic E-state index is 1.12. The van der Waals surface area contributed by atoms with E-state index in [-0.39, 0.29) is 0 Å². The minimum atomic E-state index is -4.01. The summed E-state index contributed by atoms with van der Waals surface area (Å²) in [6, 6.07) is 0. The molecule has 0 aliphatic carbocycles. The van der Waals surface area contributed by atoms with Gasteiger partial charge in [-0.05, 0) is 12.8 Å². The van der Waals surface area contributed by atoms with Gasteiger partial charge in [0, 0.05) is 0 Å². The van der Waals surface area contributed by atoms with E-state index in [9.17, 15) is 0 Å². The lowest BCUT2D eigenvalue weighted by Crippen LogP contribution is -4.05. The normalized spacial score (nSPS) is 10.4. The first-order chi connectivity index (χ1) is 9.15. The number of unbranched alkanes of at least 4 members (excludes halogenated alkanes) is 11. The third-order valence-electron chi connectivity index (χ3n) is 3.10. The molecule has 118 valence electrons. The maximum absolute atomic E-state index is 8.57.